The number of hydrogen-bond donors (Lipinski definition) is 1. The third-order valence-corrected chi connectivity index (χ3v) is 3.59. The van der Waals surface area contributed by atoms with Crippen LogP contribution in [0.3, 0.4) is 0 Å². The SMILES string of the molecule is O=C(COCCOc1ccccc1)Nc1ccc(Oc2ccccc2)cc1. The van der Waals surface area contributed by atoms with Crippen molar-refractivity contribution in [3.63, 3.8) is 0 Å². The molecule has 0 aliphatic rings. The fourth-order valence-electron chi connectivity index (χ4n) is 2.33. The van der Waals surface area contributed by atoms with Crippen molar-refractivity contribution in [2.75, 3.05) is 25.1 Å². The number of carbonyl (C=O) groups is 1. The highest BCUT2D eigenvalue weighted by atomic mass is 16.5. The van der Waals surface area contributed by atoms with Crippen LogP contribution in [0.25, 0.3) is 0 Å². The van der Waals surface area contributed by atoms with Crippen LogP contribution in [0.5, 0.6) is 17.2 Å². The normalized spacial score (nSPS) is 10.2. The molecule has 0 bridgehead atoms. The molecule has 0 aromatic heterocycles. The number of benzene rings is 3. The smallest absolute Gasteiger partial charge is 0.250 e. The zero-order valence-corrected chi connectivity index (χ0v) is 14.8. The second-order valence-electron chi connectivity index (χ2n) is 5.70. The Morgan fingerprint density at radius 1 is 0.704 bits per heavy atom. The van der Waals surface area contributed by atoms with E-state index < -0.39 is 0 Å². The molecule has 5 heteroatoms. The summed E-state index contributed by atoms with van der Waals surface area (Å²) in [4.78, 5) is 11.9. The molecule has 138 valence electrons. The molecule has 0 unspecified atom stereocenters. The summed E-state index contributed by atoms with van der Waals surface area (Å²) in [6, 6.07) is 26.2. The average molecular weight is 363 g/mol. The van der Waals surface area contributed by atoms with Crippen LogP contribution in [0.15, 0.2) is 84.9 Å². The van der Waals surface area contributed by atoms with Crippen LogP contribution in [0, 0.1) is 0 Å². The van der Waals surface area contributed by atoms with Crippen LogP contribution in [-0.4, -0.2) is 25.7 Å². The van der Waals surface area contributed by atoms with E-state index in [0.717, 1.165) is 11.5 Å². The van der Waals surface area contributed by atoms with E-state index in [4.69, 9.17) is 14.2 Å². The van der Waals surface area contributed by atoms with Crippen LogP contribution in [0.2, 0.25) is 0 Å². The molecule has 0 aliphatic carbocycles. The van der Waals surface area contributed by atoms with Crippen molar-refractivity contribution in [3.8, 4) is 17.2 Å². The Balaban J connectivity index is 1.35. The summed E-state index contributed by atoms with van der Waals surface area (Å²) >= 11 is 0. The average Bonchev–Trinajstić information content (AvgIpc) is 2.71. The predicted octanol–water partition coefficient (Wildman–Crippen LogP) is 4.51. The van der Waals surface area contributed by atoms with Gasteiger partial charge < -0.3 is 19.5 Å². The Kier molecular flexibility index (Phi) is 6.84. The Labute approximate surface area is 158 Å². The Morgan fingerprint density at radius 3 is 1.96 bits per heavy atom. The van der Waals surface area contributed by atoms with Crippen LogP contribution in [-0.2, 0) is 9.53 Å². The molecule has 3 aromatic rings. The Hall–Kier alpha value is -3.31. The molecule has 0 saturated carbocycles. The lowest BCUT2D eigenvalue weighted by molar-refractivity contribution is -0.120. The molecule has 0 atom stereocenters. The van der Waals surface area contributed by atoms with E-state index in [1.54, 1.807) is 24.3 Å². The van der Waals surface area contributed by atoms with Crippen LogP contribution < -0.4 is 14.8 Å². The van der Waals surface area contributed by atoms with Crippen molar-refractivity contribution in [2.45, 2.75) is 0 Å². The lowest BCUT2D eigenvalue weighted by Crippen LogP contribution is -2.20. The fraction of sp³-hybridized carbons (Fsp3) is 0.136. The topological polar surface area (TPSA) is 56.8 Å². The highest BCUT2D eigenvalue weighted by molar-refractivity contribution is 5.91. The molecule has 27 heavy (non-hydrogen) atoms. The van der Waals surface area contributed by atoms with Gasteiger partial charge in [0, 0.05) is 5.69 Å². The number of nitrogens with one attached hydrogen (secondary N) is 1. The van der Waals surface area contributed by atoms with Gasteiger partial charge in [-0.15, -0.1) is 0 Å². The minimum Gasteiger partial charge on any atom is -0.491 e. The lowest BCUT2D eigenvalue weighted by Gasteiger charge is -2.09. The lowest BCUT2D eigenvalue weighted by atomic mass is 10.3. The van der Waals surface area contributed by atoms with Gasteiger partial charge in [-0.3, -0.25) is 4.79 Å². The van der Waals surface area contributed by atoms with Gasteiger partial charge in [0.1, 0.15) is 30.5 Å². The minimum absolute atomic E-state index is 0.0274. The van der Waals surface area contributed by atoms with Gasteiger partial charge in [0.25, 0.3) is 0 Å². The Morgan fingerprint density at radius 2 is 1.30 bits per heavy atom. The molecule has 0 aliphatic heterocycles. The van der Waals surface area contributed by atoms with Crippen LogP contribution >= 0.6 is 0 Å². The maximum atomic E-state index is 11.9. The molecule has 1 N–H and O–H groups in total. The number of anilines is 1. The first-order valence-electron chi connectivity index (χ1n) is 8.68. The maximum absolute atomic E-state index is 11.9. The van der Waals surface area contributed by atoms with E-state index in [1.807, 2.05) is 60.7 Å². The molecule has 0 heterocycles. The highest BCUT2D eigenvalue weighted by Gasteiger charge is 2.04. The molecule has 3 rings (SSSR count). The molecule has 1 amide bonds. The molecule has 0 saturated heterocycles. The van der Waals surface area contributed by atoms with Crippen molar-refractivity contribution in [1.82, 2.24) is 0 Å². The van der Waals surface area contributed by atoms with Crippen molar-refractivity contribution in [2.24, 2.45) is 0 Å². The monoisotopic (exact) mass is 363 g/mol. The number of rotatable bonds is 9. The van der Waals surface area contributed by atoms with Gasteiger partial charge in [-0.1, -0.05) is 36.4 Å². The summed E-state index contributed by atoms with van der Waals surface area (Å²) in [5.41, 5.74) is 0.685. The third-order valence-electron chi connectivity index (χ3n) is 3.59. The summed E-state index contributed by atoms with van der Waals surface area (Å²) in [7, 11) is 0. The van der Waals surface area contributed by atoms with Crippen molar-refractivity contribution >= 4 is 11.6 Å². The number of para-hydroxylation sites is 2. The quantitative estimate of drug-likeness (QED) is 0.568. The van der Waals surface area contributed by atoms with E-state index in [0.29, 0.717) is 24.7 Å². The molecular formula is C22H21NO4. The van der Waals surface area contributed by atoms with E-state index in [9.17, 15) is 4.79 Å². The largest absolute Gasteiger partial charge is 0.491 e. The molecule has 0 fully saturated rings. The summed E-state index contributed by atoms with van der Waals surface area (Å²) in [6.07, 6.45) is 0. The zero-order valence-electron chi connectivity index (χ0n) is 14.8. The number of carbonyl (C=O) groups excluding carboxylic acids is 1. The summed E-state index contributed by atoms with van der Waals surface area (Å²) < 4.78 is 16.5. The summed E-state index contributed by atoms with van der Waals surface area (Å²) in [5, 5.41) is 2.78. The van der Waals surface area contributed by atoms with Gasteiger partial charge in [0.2, 0.25) is 5.91 Å². The minimum atomic E-state index is -0.216. The molecule has 0 radical (unpaired) electrons. The summed E-state index contributed by atoms with van der Waals surface area (Å²) in [5.74, 6) is 2.03. The van der Waals surface area contributed by atoms with Gasteiger partial charge in [-0.25, -0.2) is 0 Å². The second-order valence-corrected chi connectivity index (χ2v) is 5.70. The van der Waals surface area contributed by atoms with E-state index >= 15 is 0 Å². The van der Waals surface area contributed by atoms with E-state index in [1.165, 1.54) is 0 Å². The first-order chi connectivity index (χ1) is 13.3. The van der Waals surface area contributed by atoms with Gasteiger partial charge in [-0.05, 0) is 48.5 Å². The van der Waals surface area contributed by atoms with Gasteiger partial charge >= 0.3 is 0 Å². The molecule has 3 aromatic carbocycles. The van der Waals surface area contributed by atoms with Gasteiger partial charge in [0.05, 0.1) is 6.61 Å². The van der Waals surface area contributed by atoms with Gasteiger partial charge in [-0.2, -0.15) is 0 Å². The molecule has 5 nitrogen and oxygen atoms in total. The van der Waals surface area contributed by atoms with Crippen LogP contribution in [0.1, 0.15) is 0 Å². The maximum Gasteiger partial charge on any atom is 0.250 e. The number of amides is 1. The molecular weight excluding hydrogens is 342 g/mol. The zero-order chi connectivity index (χ0) is 18.7. The van der Waals surface area contributed by atoms with Crippen molar-refractivity contribution < 1.29 is 19.0 Å². The van der Waals surface area contributed by atoms with Crippen molar-refractivity contribution in [1.29, 1.82) is 0 Å². The fourth-order valence-corrected chi connectivity index (χ4v) is 2.33. The first kappa shape index (κ1) is 18.5. The molecule has 0 spiro atoms. The first-order valence-corrected chi connectivity index (χ1v) is 8.68. The highest BCUT2D eigenvalue weighted by Crippen LogP contribution is 2.22. The number of ether oxygens (including phenoxy) is 3. The van der Waals surface area contributed by atoms with Crippen molar-refractivity contribution in [3.05, 3.63) is 84.9 Å². The van der Waals surface area contributed by atoms with E-state index in [-0.39, 0.29) is 12.5 Å². The van der Waals surface area contributed by atoms with E-state index in [2.05, 4.69) is 5.32 Å². The second kappa shape index (κ2) is 9.99. The summed E-state index contributed by atoms with van der Waals surface area (Å²) in [6.45, 7) is 0.704. The third kappa shape index (κ3) is 6.49. The number of hydrogen-bond acceptors (Lipinski definition) is 4. The standard InChI is InChI=1S/C22H21NO4/c24-22(17-25-15-16-26-19-7-3-1-4-8-19)23-18-11-13-21(14-12-18)27-20-9-5-2-6-10-20/h1-14H,15-17H2,(H,23,24). The van der Waals surface area contributed by atoms with Crippen LogP contribution in [0.4, 0.5) is 5.69 Å². The van der Waals surface area contributed by atoms with Gasteiger partial charge in [0.15, 0.2) is 0 Å². The predicted molar refractivity (Wildman–Crippen MR) is 104 cm³/mol. The Bertz CT molecular complexity index is 820.